The molecule has 0 N–H and O–H groups in total. The van der Waals surface area contributed by atoms with Crippen molar-refractivity contribution in [1.82, 2.24) is 9.88 Å². The number of piperidine rings is 1. The van der Waals surface area contributed by atoms with Crippen molar-refractivity contribution in [3.8, 4) is 0 Å². The summed E-state index contributed by atoms with van der Waals surface area (Å²) in [6, 6.07) is 4.17. The molecule has 4 rings (SSSR count). The predicted octanol–water partition coefficient (Wildman–Crippen LogP) is 2.54. The molecular weight excluding hydrogens is 228 g/mol. The summed E-state index contributed by atoms with van der Waals surface area (Å²) < 4.78 is 4.93. The Morgan fingerprint density at radius 3 is 2.94 bits per heavy atom. The molecule has 2 aliphatic heterocycles. The van der Waals surface area contributed by atoms with Gasteiger partial charge in [-0.15, -0.1) is 0 Å². The van der Waals surface area contributed by atoms with E-state index < -0.39 is 0 Å². The summed E-state index contributed by atoms with van der Waals surface area (Å²) in [6.45, 7) is 0. The molecule has 3 unspecified atom stereocenters. The summed E-state index contributed by atoms with van der Waals surface area (Å²) in [6.07, 6.45) is 9.84. The van der Waals surface area contributed by atoms with Gasteiger partial charge >= 0.3 is 6.09 Å². The molecule has 18 heavy (non-hydrogen) atoms. The number of hydrogen-bond donors (Lipinski definition) is 0. The highest BCUT2D eigenvalue weighted by molar-refractivity contribution is 5.69. The maximum atomic E-state index is 12.0. The molecule has 1 aliphatic carbocycles. The minimum atomic E-state index is -0.247. The zero-order valence-corrected chi connectivity index (χ0v) is 10.3. The number of aromatic nitrogens is 1. The molecule has 0 saturated carbocycles. The number of amides is 1. The third-order valence-corrected chi connectivity index (χ3v) is 3.85. The van der Waals surface area contributed by atoms with E-state index in [0.717, 1.165) is 18.4 Å². The van der Waals surface area contributed by atoms with Crippen LogP contribution in [0.2, 0.25) is 0 Å². The molecular formula is C14H16N2O2. The molecule has 0 aromatic carbocycles. The second-order valence-corrected chi connectivity index (χ2v) is 4.80. The van der Waals surface area contributed by atoms with E-state index in [1.807, 2.05) is 23.2 Å². The molecule has 1 amide bonds. The zero-order valence-electron chi connectivity index (χ0n) is 10.3. The quantitative estimate of drug-likeness (QED) is 0.713. The molecule has 1 saturated heterocycles. The van der Waals surface area contributed by atoms with Crippen LogP contribution in [-0.2, 0) is 4.74 Å². The third-order valence-electron chi connectivity index (χ3n) is 3.85. The second-order valence-electron chi connectivity index (χ2n) is 4.80. The number of fused-ring (bicyclic) bond motifs is 2. The molecule has 3 atom stereocenters. The van der Waals surface area contributed by atoms with Crippen molar-refractivity contribution in [1.29, 1.82) is 0 Å². The van der Waals surface area contributed by atoms with Gasteiger partial charge in [-0.05, 0) is 24.5 Å². The molecule has 94 valence electrons. The van der Waals surface area contributed by atoms with Crippen molar-refractivity contribution in [2.45, 2.75) is 24.9 Å². The highest BCUT2D eigenvalue weighted by atomic mass is 16.5. The Balaban J connectivity index is 2.00. The van der Waals surface area contributed by atoms with Crippen LogP contribution in [0.5, 0.6) is 0 Å². The zero-order chi connectivity index (χ0) is 12.5. The Morgan fingerprint density at radius 2 is 2.33 bits per heavy atom. The first-order valence-electron chi connectivity index (χ1n) is 6.26. The summed E-state index contributed by atoms with van der Waals surface area (Å²) in [5.74, 6) is 0.373. The topological polar surface area (TPSA) is 42.4 Å². The highest BCUT2D eigenvalue weighted by Crippen LogP contribution is 2.43. The van der Waals surface area contributed by atoms with Gasteiger partial charge in [0.05, 0.1) is 19.2 Å². The van der Waals surface area contributed by atoms with Crippen molar-refractivity contribution >= 4 is 6.09 Å². The van der Waals surface area contributed by atoms with Crippen LogP contribution in [0.1, 0.15) is 24.4 Å². The number of methoxy groups -OCH3 is 1. The fraction of sp³-hybridized carbons (Fsp3) is 0.429. The van der Waals surface area contributed by atoms with E-state index in [0.29, 0.717) is 5.92 Å². The van der Waals surface area contributed by atoms with Gasteiger partial charge in [0, 0.05) is 18.3 Å². The van der Waals surface area contributed by atoms with E-state index in [1.165, 1.54) is 7.11 Å². The first-order chi connectivity index (χ1) is 8.81. The molecule has 1 aromatic rings. The molecule has 4 nitrogen and oxygen atoms in total. The minimum Gasteiger partial charge on any atom is -0.453 e. The van der Waals surface area contributed by atoms with Gasteiger partial charge in [0.1, 0.15) is 0 Å². The van der Waals surface area contributed by atoms with Crippen LogP contribution in [0.3, 0.4) is 0 Å². The fourth-order valence-corrected chi connectivity index (χ4v) is 3.05. The molecule has 1 aromatic heterocycles. The minimum absolute atomic E-state index is 0.0647. The lowest BCUT2D eigenvalue weighted by atomic mass is 9.77. The van der Waals surface area contributed by atoms with Crippen molar-refractivity contribution in [3.63, 3.8) is 0 Å². The van der Waals surface area contributed by atoms with Crippen LogP contribution < -0.4 is 0 Å². The maximum absolute atomic E-state index is 12.0. The molecule has 1 fully saturated rings. The molecule has 3 heterocycles. The molecule has 4 heteroatoms. The van der Waals surface area contributed by atoms with E-state index >= 15 is 0 Å². The fourth-order valence-electron chi connectivity index (χ4n) is 3.05. The third kappa shape index (κ3) is 1.68. The van der Waals surface area contributed by atoms with E-state index in [2.05, 4.69) is 17.1 Å². The van der Waals surface area contributed by atoms with Gasteiger partial charge < -0.3 is 4.74 Å². The maximum Gasteiger partial charge on any atom is 0.410 e. The first-order valence-corrected chi connectivity index (χ1v) is 6.26. The van der Waals surface area contributed by atoms with E-state index in [1.54, 1.807) is 6.20 Å². The molecule has 0 spiro atoms. The van der Waals surface area contributed by atoms with Gasteiger partial charge in [0.25, 0.3) is 0 Å². The van der Waals surface area contributed by atoms with Crippen molar-refractivity contribution in [2.75, 3.05) is 7.11 Å². The SMILES string of the molecule is COC(=O)N1C2C=CC(CC2)C1c1cccnc1. The summed E-state index contributed by atoms with van der Waals surface area (Å²) in [5.41, 5.74) is 1.09. The van der Waals surface area contributed by atoms with Crippen molar-refractivity contribution in [3.05, 3.63) is 42.2 Å². The Hall–Kier alpha value is -1.84. The number of hydrogen-bond acceptors (Lipinski definition) is 3. The summed E-state index contributed by atoms with van der Waals surface area (Å²) >= 11 is 0. The van der Waals surface area contributed by atoms with Crippen LogP contribution in [0.15, 0.2) is 36.7 Å². The van der Waals surface area contributed by atoms with E-state index in [-0.39, 0.29) is 18.2 Å². The Bertz CT molecular complexity index is 472. The van der Waals surface area contributed by atoms with Gasteiger partial charge in [-0.25, -0.2) is 4.79 Å². The second kappa shape index (κ2) is 4.44. The lowest BCUT2D eigenvalue weighted by Gasteiger charge is -2.47. The van der Waals surface area contributed by atoms with Crippen LogP contribution in [-0.4, -0.2) is 29.1 Å². The largest absolute Gasteiger partial charge is 0.453 e. The molecule has 3 aliphatic rings. The standard InChI is InChI=1S/C14H16N2O2/c1-18-14(17)16-12-6-4-10(5-7-12)13(16)11-3-2-8-15-9-11/h2-4,6,8-10,12-13H,5,7H2,1H3. The summed E-state index contributed by atoms with van der Waals surface area (Å²) in [7, 11) is 1.44. The smallest absolute Gasteiger partial charge is 0.410 e. The number of pyridine rings is 1. The van der Waals surface area contributed by atoms with Gasteiger partial charge in [-0.2, -0.15) is 0 Å². The lowest BCUT2D eigenvalue weighted by molar-refractivity contribution is 0.0473. The highest BCUT2D eigenvalue weighted by Gasteiger charge is 2.42. The number of carbonyl (C=O) groups is 1. The number of carbonyl (C=O) groups excluding carboxylic acids is 1. The Kier molecular flexibility index (Phi) is 2.78. The van der Waals surface area contributed by atoms with E-state index in [9.17, 15) is 4.79 Å². The number of ether oxygens (including phenoxy) is 1. The Labute approximate surface area is 106 Å². The number of nitrogens with zero attached hydrogens (tertiary/aromatic N) is 2. The summed E-state index contributed by atoms with van der Waals surface area (Å²) in [5, 5.41) is 0. The van der Waals surface area contributed by atoms with Crippen LogP contribution in [0.4, 0.5) is 4.79 Å². The monoisotopic (exact) mass is 244 g/mol. The van der Waals surface area contributed by atoms with Crippen molar-refractivity contribution < 1.29 is 9.53 Å². The van der Waals surface area contributed by atoms with Crippen molar-refractivity contribution in [2.24, 2.45) is 5.92 Å². The molecule has 0 radical (unpaired) electrons. The number of rotatable bonds is 1. The van der Waals surface area contributed by atoms with Crippen LogP contribution >= 0.6 is 0 Å². The average molecular weight is 244 g/mol. The normalized spacial score (nSPS) is 29.4. The first kappa shape index (κ1) is 11.3. The van der Waals surface area contributed by atoms with E-state index in [4.69, 9.17) is 4.74 Å². The van der Waals surface area contributed by atoms with Crippen LogP contribution in [0.25, 0.3) is 0 Å². The lowest BCUT2D eigenvalue weighted by Crippen LogP contribution is -2.50. The predicted molar refractivity (Wildman–Crippen MR) is 66.9 cm³/mol. The Morgan fingerprint density at radius 1 is 1.44 bits per heavy atom. The van der Waals surface area contributed by atoms with Crippen LogP contribution in [0, 0.1) is 5.92 Å². The van der Waals surface area contributed by atoms with Gasteiger partial charge in [-0.3, -0.25) is 9.88 Å². The summed E-state index contributed by atoms with van der Waals surface area (Å²) in [4.78, 5) is 18.0. The van der Waals surface area contributed by atoms with Gasteiger partial charge in [0.2, 0.25) is 0 Å². The van der Waals surface area contributed by atoms with Gasteiger partial charge in [0.15, 0.2) is 0 Å². The van der Waals surface area contributed by atoms with Gasteiger partial charge in [-0.1, -0.05) is 18.2 Å². The molecule has 2 bridgehead atoms. The average Bonchev–Trinajstić information content (AvgIpc) is 2.47.